The van der Waals surface area contributed by atoms with Crippen LogP contribution in [0.1, 0.15) is 20.4 Å². The van der Waals surface area contributed by atoms with Crippen molar-refractivity contribution < 1.29 is 23.9 Å². The molecule has 0 fully saturated rings. The summed E-state index contributed by atoms with van der Waals surface area (Å²) in [5.41, 5.74) is 0.0991. The Labute approximate surface area is 145 Å². The lowest BCUT2D eigenvalue weighted by atomic mass is 10.5. The zero-order valence-electron chi connectivity index (χ0n) is 12.7. The number of amides is 3. The first-order valence-electron chi connectivity index (χ1n) is 6.79. The van der Waals surface area contributed by atoms with Crippen molar-refractivity contribution in [2.75, 3.05) is 13.7 Å². The normalized spacial score (nSPS) is 10.2. The van der Waals surface area contributed by atoms with Crippen molar-refractivity contribution in [2.45, 2.75) is 13.2 Å². The molecule has 0 saturated heterocycles. The van der Waals surface area contributed by atoms with E-state index in [0.29, 0.717) is 18.2 Å². The van der Waals surface area contributed by atoms with Crippen LogP contribution < -0.4 is 10.6 Å². The molecule has 0 aliphatic carbocycles. The number of methoxy groups -OCH3 is 1. The Bertz CT molecular complexity index is 699. The summed E-state index contributed by atoms with van der Waals surface area (Å²) in [6, 6.07) is 3.07. The molecule has 0 aliphatic rings. The second-order valence-corrected chi connectivity index (χ2v) is 6.42. The largest absolute Gasteiger partial charge is 0.451 e. The minimum Gasteiger partial charge on any atom is -0.451 e. The Hall–Kier alpha value is -2.30. The highest BCUT2D eigenvalue weighted by Crippen LogP contribution is 2.11. The monoisotopic (exact) mass is 369 g/mol. The van der Waals surface area contributed by atoms with Gasteiger partial charge < -0.3 is 14.8 Å². The summed E-state index contributed by atoms with van der Waals surface area (Å²) in [5, 5.41) is 8.63. The minimum atomic E-state index is -0.734. The molecule has 0 bridgehead atoms. The topological polar surface area (TPSA) is 107 Å². The lowest BCUT2D eigenvalue weighted by Crippen LogP contribution is -2.41. The third kappa shape index (κ3) is 5.72. The van der Waals surface area contributed by atoms with Crippen molar-refractivity contribution >= 4 is 40.6 Å². The number of hydrogen-bond acceptors (Lipinski definition) is 8. The van der Waals surface area contributed by atoms with Gasteiger partial charge in [0.15, 0.2) is 12.3 Å². The molecule has 8 nitrogen and oxygen atoms in total. The number of rotatable bonds is 7. The van der Waals surface area contributed by atoms with Crippen LogP contribution in [0.25, 0.3) is 0 Å². The Morgan fingerprint density at radius 3 is 2.83 bits per heavy atom. The van der Waals surface area contributed by atoms with Gasteiger partial charge in [-0.2, -0.15) is 0 Å². The van der Waals surface area contributed by atoms with Crippen molar-refractivity contribution in [1.82, 2.24) is 15.6 Å². The molecule has 0 unspecified atom stereocenters. The molecule has 2 heterocycles. The summed E-state index contributed by atoms with van der Waals surface area (Å²) in [6.45, 7) is 0.0445. The van der Waals surface area contributed by atoms with E-state index in [4.69, 9.17) is 9.47 Å². The average Bonchev–Trinajstić information content (AvgIpc) is 3.22. The van der Waals surface area contributed by atoms with Gasteiger partial charge in [-0.1, -0.05) is 6.07 Å². The van der Waals surface area contributed by atoms with Crippen molar-refractivity contribution in [3.05, 3.63) is 38.5 Å². The van der Waals surface area contributed by atoms with Crippen LogP contribution in [0.15, 0.2) is 22.9 Å². The Kier molecular flexibility index (Phi) is 6.85. The van der Waals surface area contributed by atoms with E-state index in [9.17, 15) is 14.4 Å². The van der Waals surface area contributed by atoms with Gasteiger partial charge >= 0.3 is 12.0 Å². The number of ether oxygens (including phenoxy) is 2. The number of aromatic nitrogens is 1. The zero-order chi connectivity index (χ0) is 17.4. The molecular formula is C14H15N3O5S2. The summed E-state index contributed by atoms with van der Waals surface area (Å²) in [5.74, 6) is -1.46. The van der Waals surface area contributed by atoms with Crippen molar-refractivity contribution in [2.24, 2.45) is 0 Å². The van der Waals surface area contributed by atoms with Gasteiger partial charge in [0.2, 0.25) is 0 Å². The number of carbonyl (C=O) groups excluding carboxylic acids is 3. The first-order valence-corrected chi connectivity index (χ1v) is 8.55. The van der Waals surface area contributed by atoms with E-state index in [-0.39, 0.29) is 5.69 Å². The van der Waals surface area contributed by atoms with Crippen LogP contribution in [0.5, 0.6) is 0 Å². The SMILES string of the molecule is COCc1nc(C(=O)OCC(=O)NC(=O)NCc2cccs2)cs1. The lowest BCUT2D eigenvalue weighted by Gasteiger charge is -2.06. The van der Waals surface area contributed by atoms with Gasteiger partial charge in [0.05, 0.1) is 13.2 Å². The first kappa shape index (κ1) is 18.0. The molecule has 3 amide bonds. The van der Waals surface area contributed by atoms with Gasteiger partial charge in [-0.05, 0) is 11.4 Å². The standard InChI is InChI=1S/C14H15N3O5S2/c1-21-7-12-16-10(8-24-12)13(19)22-6-11(18)17-14(20)15-5-9-3-2-4-23-9/h2-4,8H,5-7H2,1H3,(H2,15,17,18,20). The van der Waals surface area contributed by atoms with Gasteiger partial charge in [-0.3, -0.25) is 10.1 Å². The number of thiophene rings is 1. The van der Waals surface area contributed by atoms with Crippen LogP contribution in [0, 0.1) is 0 Å². The van der Waals surface area contributed by atoms with Crippen LogP contribution in [0.2, 0.25) is 0 Å². The van der Waals surface area contributed by atoms with Crippen LogP contribution in [0.4, 0.5) is 4.79 Å². The number of nitrogens with zero attached hydrogens (tertiary/aromatic N) is 1. The highest BCUT2D eigenvalue weighted by Gasteiger charge is 2.15. The Balaban J connectivity index is 1.69. The number of imide groups is 1. The summed E-state index contributed by atoms with van der Waals surface area (Å²) in [4.78, 5) is 39.8. The third-order valence-corrected chi connectivity index (χ3v) is 4.32. The minimum absolute atomic E-state index is 0.0991. The average molecular weight is 369 g/mol. The summed E-state index contributed by atoms with van der Waals surface area (Å²) in [7, 11) is 1.52. The number of nitrogens with one attached hydrogen (secondary N) is 2. The molecule has 2 rings (SSSR count). The molecule has 24 heavy (non-hydrogen) atoms. The number of urea groups is 1. The highest BCUT2D eigenvalue weighted by atomic mass is 32.1. The zero-order valence-corrected chi connectivity index (χ0v) is 14.4. The van der Waals surface area contributed by atoms with E-state index in [1.54, 1.807) is 0 Å². The predicted octanol–water partition coefficient (Wildman–Crippen LogP) is 1.53. The molecule has 0 radical (unpaired) electrons. The number of esters is 1. The quantitative estimate of drug-likeness (QED) is 0.717. The molecule has 2 N–H and O–H groups in total. The second-order valence-electron chi connectivity index (χ2n) is 4.45. The van der Waals surface area contributed by atoms with E-state index in [2.05, 4.69) is 15.6 Å². The van der Waals surface area contributed by atoms with E-state index in [1.807, 2.05) is 17.5 Å². The van der Waals surface area contributed by atoms with Gasteiger partial charge in [-0.15, -0.1) is 22.7 Å². The van der Waals surface area contributed by atoms with E-state index >= 15 is 0 Å². The molecule has 0 aliphatic heterocycles. The van der Waals surface area contributed by atoms with Gasteiger partial charge in [-0.25, -0.2) is 14.6 Å². The fourth-order valence-electron chi connectivity index (χ4n) is 1.59. The van der Waals surface area contributed by atoms with Gasteiger partial charge in [0.1, 0.15) is 5.01 Å². The highest BCUT2D eigenvalue weighted by molar-refractivity contribution is 7.10. The van der Waals surface area contributed by atoms with Crippen LogP contribution in [-0.4, -0.2) is 36.6 Å². The number of hydrogen-bond donors (Lipinski definition) is 2. The molecule has 2 aromatic rings. The van der Waals surface area contributed by atoms with E-state index in [1.165, 1.54) is 35.2 Å². The van der Waals surface area contributed by atoms with Crippen LogP contribution in [-0.2, 0) is 27.4 Å². The molecule has 0 spiro atoms. The molecule has 0 saturated carbocycles. The number of thiazole rings is 1. The maximum atomic E-state index is 11.7. The first-order chi connectivity index (χ1) is 11.6. The van der Waals surface area contributed by atoms with Crippen molar-refractivity contribution in [1.29, 1.82) is 0 Å². The van der Waals surface area contributed by atoms with E-state index in [0.717, 1.165) is 4.88 Å². The maximum Gasteiger partial charge on any atom is 0.358 e. The molecular weight excluding hydrogens is 354 g/mol. The third-order valence-electron chi connectivity index (χ3n) is 2.62. The van der Waals surface area contributed by atoms with Crippen LogP contribution in [0.3, 0.4) is 0 Å². The fourth-order valence-corrected chi connectivity index (χ4v) is 2.97. The second kappa shape index (κ2) is 9.11. The predicted molar refractivity (Wildman–Crippen MR) is 87.8 cm³/mol. The Morgan fingerprint density at radius 1 is 1.29 bits per heavy atom. The smallest absolute Gasteiger partial charge is 0.358 e. The number of carbonyl (C=O) groups is 3. The summed E-state index contributed by atoms with van der Waals surface area (Å²) < 4.78 is 9.71. The molecule has 10 heteroatoms. The molecule has 0 atom stereocenters. The molecule has 2 aromatic heterocycles. The van der Waals surface area contributed by atoms with Crippen molar-refractivity contribution in [3.63, 3.8) is 0 Å². The lowest BCUT2D eigenvalue weighted by molar-refractivity contribution is -0.123. The fraction of sp³-hybridized carbons (Fsp3) is 0.286. The maximum absolute atomic E-state index is 11.7. The summed E-state index contributed by atoms with van der Waals surface area (Å²) >= 11 is 2.74. The van der Waals surface area contributed by atoms with Crippen LogP contribution >= 0.6 is 22.7 Å². The summed E-state index contributed by atoms with van der Waals surface area (Å²) in [6.07, 6.45) is 0. The van der Waals surface area contributed by atoms with E-state index < -0.39 is 24.5 Å². The molecule has 0 aromatic carbocycles. The van der Waals surface area contributed by atoms with Crippen molar-refractivity contribution in [3.8, 4) is 0 Å². The van der Waals surface area contributed by atoms with Gasteiger partial charge in [0, 0.05) is 17.4 Å². The van der Waals surface area contributed by atoms with Gasteiger partial charge in [0.25, 0.3) is 5.91 Å². The molecule has 128 valence electrons. The Morgan fingerprint density at radius 2 is 2.12 bits per heavy atom.